The lowest BCUT2D eigenvalue weighted by Crippen LogP contribution is -1.95. The van der Waals surface area contributed by atoms with Crippen LogP contribution in [-0.2, 0) is 6.61 Å². The summed E-state index contributed by atoms with van der Waals surface area (Å²) in [5, 5.41) is 5.44. The minimum atomic E-state index is 0.407. The first kappa shape index (κ1) is 18.6. The summed E-state index contributed by atoms with van der Waals surface area (Å²) in [7, 11) is 0. The summed E-state index contributed by atoms with van der Waals surface area (Å²) in [4.78, 5) is 0. The fourth-order valence-electron chi connectivity index (χ4n) is 2.21. The van der Waals surface area contributed by atoms with Crippen molar-refractivity contribution in [3.05, 3.63) is 92.9 Å². The van der Waals surface area contributed by atoms with Gasteiger partial charge < -0.3 is 4.74 Å². The zero-order valence-corrected chi connectivity index (χ0v) is 15.9. The molecule has 132 valence electrons. The number of anilines is 1. The molecule has 0 spiro atoms. The third-order valence-electron chi connectivity index (χ3n) is 3.53. The van der Waals surface area contributed by atoms with Crippen molar-refractivity contribution in [2.24, 2.45) is 5.10 Å². The van der Waals surface area contributed by atoms with E-state index < -0.39 is 0 Å². The molecule has 0 unspecified atom stereocenters. The molecule has 0 aliphatic heterocycles. The third-order valence-corrected chi connectivity index (χ3v) is 4.34. The Kier molecular flexibility index (Phi) is 6.40. The molecule has 0 heterocycles. The van der Waals surface area contributed by atoms with Gasteiger partial charge in [-0.1, -0.05) is 65.1 Å². The molecule has 3 rings (SSSR count). The van der Waals surface area contributed by atoms with Crippen LogP contribution in [0.3, 0.4) is 0 Å². The van der Waals surface area contributed by atoms with Crippen molar-refractivity contribution in [2.45, 2.75) is 6.61 Å². The number of benzene rings is 3. The lowest BCUT2D eigenvalue weighted by Gasteiger charge is -2.07. The Morgan fingerprint density at radius 1 is 0.885 bits per heavy atom. The second-order valence-electron chi connectivity index (χ2n) is 5.46. The number of rotatable bonds is 6. The number of hydrazone groups is 1. The van der Waals surface area contributed by atoms with Gasteiger partial charge in [-0.25, -0.2) is 0 Å². The van der Waals surface area contributed by atoms with Crippen molar-refractivity contribution >= 4 is 46.7 Å². The molecular weight excluding hydrogens is 391 g/mol. The van der Waals surface area contributed by atoms with Crippen molar-refractivity contribution in [1.29, 1.82) is 0 Å². The molecule has 0 aliphatic rings. The van der Waals surface area contributed by atoms with Crippen molar-refractivity contribution in [3.8, 4) is 5.75 Å². The van der Waals surface area contributed by atoms with Gasteiger partial charge in [-0.2, -0.15) is 5.10 Å². The first-order chi connectivity index (χ1) is 12.6. The van der Waals surface area contributed by atoms with Gasteiger partial charge >= 0.3 is 0 Å². The van der Waals surface area contributed by atoms with Gasteiger partial charge in [0.15, 0.2) is 0 Å². The second kappa shape index (κ2) is 8.95. The molecule has 0 amide bonds. The number of halogens is 3. The van der Waals surface area contributed by atoms with Crippen LogP contribution >= 0.6 is 34.8 Å². The molecule has 0 atom stereocenters. The van der Waals surface area contributed by atoms with E-state index in [4.69, 9.17) is 39.5 Å². The zero-order chi connectivity index (χ0) is 18.4. The smallest absolute Gasteiger partial charge is 0.119 e. The van der Waals surface area contributed by atoms with Gasteiger partial charge in [0.05, 0.1) is 21.9 Å². The van der Waals surface area contributed by atoms with Crippen LogP contribution in [0, 0.1) is 0 Å². The Morgan fingerprint density at radius 2 is 1.54 bits per heavy atom. The largest absolute Gasteiger partial charge is 0.489 e. The van der Waals surface area contributed by atoms with E-state index in [0.717, 1.165) is 16.9 Å². The maximum absolute atomic E-state index is 6.10. The van der Waals surface area contributed by atoms with E-state index in [1.54, 1.807) is 18.3 Å². The summed E-state index contributed by atoms with van der Waals surface area (Å²) >= 11 is 18.1. The summed E-state index contributed by atoms with van der Waals surface area (Å²) in [5.41, 5.74) is 5.38. The van der Waals surface area contributed by atoms with Gasteiger partial charge in [-0.15, -0.1) is 0 Å². The Balaban J connectivity index is 1.58. The number of nitrogens with one attached hydrogen (secondary N) is 1. The van der Waals surface area contributed by atoms with Crippen molar-refractivity contribution in [2.75, 3.05) is 5.43 Å². The maximum atomic E-state index is 6.10. The fraction of sp³-hybridized carbons (Fsp3) is 0.0500. The molecule has 0 aliphatic carbocycles. The Morgan fingerprint density at radius 3 is 2.19 bits per heavy atom. The Bertz CT molecular complexity index is 874. The van der Waals surface area contributed by atoms with Gasteiger partial charge in [0, 0.05) is 5.02 Å². The van der Waals surface area contributed by atoms with Gasteiger partial charge in [0.2, 0.25) is 0 Å². The predicted octanol–water partition coefficient (Wildman–Crippen LogP) is 6.67. The molecular formula is C20H15Cl3N2O. The quantitative estimate of drug-likeness (QED) is 0.367. The summed E-state index contributed by atoms with van der Waals surface area (Å²) in [6.07, 6.45) is 1.67. The highest BCUT2D eigenvalue weighted by Crippen LogP contribution is 2.33. The van der Waals surface area contributed by atoms with Crippen LogP contribution in [0.15, 0.2) is 71.8 Å². The van der Waals surface area contributed by atoms with E-state index in [1.807, 2.05) is 54.6 Å². The van der Waals surface area contributed by atoms with Crippen LogP contribution in [0.2, 0.25) is 15.1 Å². The van der Waals surface area contributed by atoms with Gasteiger partial charge in [-0.05, 0) is 47.5 Å². The van der Waals surface area contributed by atoms with Crippen molar-refractivity contribution in [1.82, 2.24) is 0 Å². The van der Waals surface area contributed by atoms with E-state index in [-0.39, 0.29) is 0 Å². The Hall–Kier alpha value is -2.20. The first-order valence-electron chi connectivity index (χ1n) is 7.82. The molecule has 3 aromatic rings. The van der Waals surface area contributed by atoms with E-state index >= 15 is 0 Å². The highest BCUT2D eigenvalue weighted by Gasteiger charge is 2.06. The molecule has 0 saturated carbocycles. The number of hydrogen-bond acceptors (Lipinski definition) is 3. The first-order valence-corrected chi connectivity index (χ1v) is 8.95. The second-order valence-corrected chi connectivity index (χ2v) is 6.71. The molecule has 1 N–H and O–H groups in total. The number of hydrogen-bond donors (Lipinski definition) is 1. The predicted molar refractivity (Wildman–Crippen MR) is 110 cm³/mol. The lowest BCUT2D eigenvalue weighted by molar-refractivity contribution is 0.306. The highest BCUT2D eigenvalue weighted by atomic mass is 35.5. The minimum Gasteiger partial charge on any atom is -0.489 e. The summed E-state index contributed by atoms with van der Waals surface area (Å²) in [6, 6.07) is 20.8. The molecule has 3 nitrogen and oxygen atoms in total. The van der Waals surface area contributed by atoms with E-state index in [2.05, 4.69) is 10.5 Å². The third kappa shape index (κ3) is 5.15. The molecule has 0 radical (unpaired) electrons. The summed E-state index contributed by atoms with van der Waals surface area (Å²) < 4.78 is 5.76. The lowest BCUT2D eigenvalue weighted by atomic mass is 10.2. The molecule has 0 saturated heterocycles. The maximum Gasteiger partial charge on any atom is 0.119 e. The molecule has 0 fully saturated rings. The normalized spacial score (nSPS) is 10.9. The van der Waals surface area contributed by atoms with E-state index in [9.17, 15) is 0 Å². The van der Waals surface area contributed by atoms with E-state index in [1.165, 1.54) is 0 Å². The van der Waals surface area contributed by atoms with Crippen molar-refractivity contribution < 1.29 is 4.74 Å². The average molecular weight is 406 g/mol. The minimum absolute atomic E-state index is 0.407. The van der Waals surface area contributed by atoms with Crippen LogP contribution < -0.4 is 10.2 Å². The number of ether oxygens (including phenoxy) is 1. The Labute approximate surface area is 167 Å². The zero-order valence-electron chi connectivity index (χ0n) is 13.6. The highest BCUT2D eigenvalue weighted by molar-refractivity contribution is 6.41. The van der Waals surface area contributed by atoms with Crippen LogP contribution in [0.1, 0.15) is 11.1 Å². The topological polar surface area (TPSA) is 33.6 Å². The fourth-order valence-corrected chi connectivity index (χ4v) is 3.11. The van der Waals surface area contributed by atoms with Crippen LogP contribution in [-0.4, -0.2) is 6.21 Å². The average Bonchev–Trinajstić information content (AvgIpc) is 2.64. The van der Waals surface area contributed by atoms with Crippen LogP contribution in [0.5, 0.6) is 5.75 Å². The number of nitrogens with zero attached hydrogens (tertiary/aromatic N) is 1. The van der Waals surface area contributed by atoms with Gasteiger partial charge in [0.25, 0.3) is 0 Å². The molecule has 0 aromatic heterocycles. The molecule has 0 bridgehead atoms. The molecule has 6 heteroatoms. The molecule has 3 aromatic carbocycles. The van der Waals surface area contributed by atoms with Gasteiger partial charge in [-0.3, -0.25) is 5.43 Å². The standard InChI is InChI=1S/C20H15Cl3N2O/c21-16-10-18(22)20(19(23)11-16)25-24-12-14-6-8-17(9-7-14)26-13-15-4-2-1-3-5-15/h1-12,25H,13H2. The van der Waals surface area contributed by atoms with Crippen LogP contribution in [0.4, 0.5) is 5.69 Å². The van der Waals surface area contributed by atoms with Gasteiger partial charge in [0.1, 0.15) is 12.4 Å². The summed E-state index contributed by atoms with van der Waals surface area (Å²) in [5.74, 6) is 0.794. The summed E-state index contributed by atoms with van der Waals surface area (Å²) in [6.45, 7) is 0.531. The molecule has 26 heavy (non-hydrogen) atoms. The van der Waals surface area contributed by atoms with Crippen molar-refractivity contribution in [3.63, 3.8) is 0 Å². The monoisotopic (exact) mass is 404 g/mol. The van der Waals surface area contributed by atoms with Crippen LogP contribution in [0.25, 0.3) is 0 Å². The SMILES string of the molecule is Clc1cc(Cl)c(NN=Cc2ccc(OCc3ccccc3)cc2)c(Cl)c1. The van der Waals surface area contributed by atoms with E-state index in [0.29, 0.717) is 27.4 Å².